The highest BCUT2D eigenvalue weighted by Crippen LogP contribution is 2.59. The Balaban J connectivity index is 1.67. The fourth-order valence-corrected chi connectivity index (χ4v) is 6.83. The Labute approximate surface area is 236 Å². The van der Waals surface area contributed by atoms with E-state index < -0.39 is 23.4 Å². The highest BCUT2D eigenvalue weighted by Gasteiger charge is 2.69. The van der Waals surface area contributed by atoms with E-state index in [9.17, 15) is 14.4 Å². The van der Waals surface area contributed by atoms with Crippen molar-refractivity contribution in [2.45, 2.75) is 30.8 Å². The zero-order valence-electron chi connectivity index (χ0n) is 21.4. The summed E-state index contributed by atoms with van der Waals surface area (Å²) < 4.78 is 0.852. The van der Waals surface area contributed by atoms with Gasteiger partial charge in [-0.2, -0.15) is 0 Å². The number of carbonyl (C=O) groups excluding carboxylic acids is 3. The molecule has 0 aromatic heterocycles. The molecule has 0 saturated carbocycles. The van der Waals surface area contributed by atoms with Gasteiger partial charge in [-0.3, -0.25) is 14.4 Å². The van der Waals surface area contributed by atoms with E-state index in [0.29, 0.717) is 28.8 Å². The molecule has 1 saturated heterocycles. The molecule has 4 atom stereocenters. The van der Waals surface area contributed by atoms with Crippen LogP contribution in [0.25, 0.3) is 0 Å². The minimum Gasteiger partial charge on any atom is -0.323 e. The molecule has 6 heteroatoms. The molecule has 4 aromatic carbocycles. The standard InChI is InChI=1S/C33H27BrN2O3/c1-2-27-28(21-11-5-3-6-12-21)29(30(37)22-13-7-4-8-14-22)33(25-15-9-10-16-26(25)35-32(33)39)36(27)31(38)23-17-19-24(34)20-18-23/h3-20,27-29H,2H2,1H3,(H,35,39). The van der Waals surface area contributed by atoms with Crippen LogP contribution in [0.3, 0.4) is 0 Å². The molecular formula is C33H27BrN2O3. The molecule has 2 amide bonds. The van der Waals surface area contributed by atoms with Gasteiger partial charge in [-0.1, -0.05) is 102 Å². The van der Waals surface area contributed by atoms with Crippen LogP contribution in [0.1, 0.15) is 51.1 Å². The van der Waals surface area contributed by atoms with E-state index >= 15 is 0 Å². The Bertz CT molecular complexity index is 1560. The van der Waals surface area contributed by atoms with Crippen LogP contribution in [0.5, 0.6) is 0 Å². The number of carbonyl (C=O) groups is 3. The van der Waals surface area contributed by atoms with Gasteiger partial charge in [-0.15, -0.1) is 0 Å². The van der Waals surface area contributed by atoms with Crippen LogP contribution in [0.2, 0.25) is 0 Å². The Kier molecular flexibility index (Phi) is 6.43. The summed E-state index contributed by atoms with van der Waals surface area (Å²) in [7, 11) is 0. The van der Waals surface area contributed by atoms with E-state index in [1.807, 2.05) is 91.9 Å². The molecule has 6 rings (SSSR count). The lowest BCUT2D eigenvalue weighted by Gasteiger charge is -2.39. The number of Topliss-reactive ketones (excluding diaryl/α,β-unsaturated/α-hetero) is 1. The maximum Gasteiger partial charge on any atom is 0.255 e. The Morgan fingerprint density at radius 2 is 1.44 bits per heavy atom. The molecule has 194 valence electrons. The zero-order valence-corrected chi connectivity index (χ0v) is 23.0. The fourth-order valence-electron chi connectivity index (χ4n) is 6.57. The number of fused-ring (bicyclic) bond motifs is 2. The molecule has 39 heavy (non-hydrogen) atoms. The molecule has 1 spiro atoms. The third-order valence-corrected chi connectivity index (χ3v) is 8.65. The molecule has 1 fully saturated rings. The van der Waals surface area contributed by atoms with E-state index in [2.05, 4.69) is 21.2 Å². The van der Waals surface area contributed by atoms with Gasteiger partial charge in [0.25, 0.3) is 11.8 Å². The zero-order chi connectivity index (χ0) is 27.1. The van der Waals surface area contributed by atoms with Crippen LogP contribution < -0.4 is 5.32 Å². The average Bonchev–Trinajstić information content (AvgIpc) is 3.45. The number of nitrogens with zero attached hydrogens (tertiary/aromatic N) is 1. The first kappa shape index (κ1) is 25.3. The van der Waals surface area contributed by atoms with Crippen molar-refractivity contribution in [3.05, 3.63) is 136 Å². The van der Waals surface area contributed by atoms with Gasteiger partial charge in [0.1, 0.15) is 0 Å². The van der Waals surface area contributed by atoms with E-state index in [0.717, 1.165) is 10.0 Å². The Morgan fingerprint density at radius 3 is 2.10 bits per heavy atom. The summed E-state index contributed by atoms with van der Waals surface area (Å²) in [6.07, 6.45) is 0.567. The number of halogens is 1. The first-order valence-corrected chi connectivity index (χ1v) is 13.9. The normalized spacial score (nSPS) is 23.5. The van der Waals surface area contributed by atoms with Crippen LogP contribution in [0.15, 0.2) is 114 Å². The second kappa shape index (κ2) is 9.93. The van der Waals surface area contributed by atoms with Gasteiger partial charge < -0.3 is 10.2 Å². The van der Waals surface area contributed by atoms with Gasteiger partial charge in [-0.05, 0) is 42.3 Å². The Hall–Kier alpha value is -4.03. The molecule has 4 aromatic rings. The molecule has 2 aliphatic rings. The van der Waals surface area contributed by atoms with Gasteiger partial charge in [-0.25, -0.2) is 0 Å². The number of hydrogen-bond acceptors (Lipinski definition) is 3. The van der Waals surface area contributed by atoms with Crippen LogP contribution in [0.4, 0.5) is 5.69 Å². The first-order valence-electron chi connectivity index (χ1n) is 13.1. The van der Waals surface area contributed by atoms with Crippen LogP contribution in [0, 0.1) is 5.92 Å². The van der Waals surface area contributed by atoms with Crippen molar-refractivity contribution in [3.63, 3.8) is 0 Å². The molecule has 2 heterocycles. The van der Waals surface area contributed by atoms with Crippen molar-refractivity contribution < 1.29 is 14.4 Å². The van der Waals surface area contributed by atoms with Crippen LogP contribution in [-0.4, -0.2) is 28.5 Å². The van der Waals surface area contributed by atoms with E-state index in [1.54, 1.807) is 29.2 Å². The lowest BCUT2D eigenvalue weighted by Crippen LogP contribution is -2.56. The summed E-state index contributed by atoms with van der Waals surface area (Å²) in [4.78, 5) is 45.3. The van der Waals surface area contributed by atoms with Gasteiger partial charge in [0.15, 0.2) is 11.3 Å². The lowest BCUT2D eigenvalue weighted by molar-refractivity contribution is -0.127. The van der Waals surface area contributed by atoms with E-state index in [-0.39, 0.29) is 17.6 Å². The third kappa shape index (κ3) is 3.85. The fraction of sp³-hybridized carbons (Fsp3) is 0.182. The monoisotopic (exact) mass is 578 g/mol. The molecule has 5 nitrogen and oxygen atoms in total. The quantitative estimate of drug-likeness (QED) is 0.264. The van der Waals surface area contributed by atoms with Crippen molar-refractivity contribution >= 4 is 39.2 Å². The highest BCUT2D eigenvalue weighted by atomic mass is 79.9. The van der Waals surface area contributed by atoms with Crippen molar-refractivity contribution in [3.8, 4) is 0 Å². The molecular weight excluding hydrogens is 552 g/mol. The van der Waals surface area contributed by atoms with Crippen molar-refractivity contribution in [1.82, 2.24) is 4.90 Å². The van der Waals surface area contributed by atoms with E-state index in [1.165, 1.54) is 0 Å². The smallest absolute Gasteiger partial charge is 0.255 e. The summed E-state index contributed by atoms with van der Waals surface area (Å²) in [6, 6.07) is 33.1. The number of ketones is 1. The van der Waals surface area contributed by atoms with Gasteiger partial charge in [0.05, 0.1) is 5.92 Å². The number of rotatable bonds is 5. The van der Waals surface area contributed by atoms with Crippen LogP contribution in [-0.2, 0) is 10.3 Å². The van der Waals surface area contributed by atoms with Crippen LogP contribution >= 0.6 is 15.9 Å². The number of hydrogen-bond donors (Lipinski definition) is 1. The minimum atomic E-state index is -1.52. The topological polar surface area (TPSA) is 66.5 Å². The number of anilines is 1. The summed E-state index contributed by atoms with van der Waals surface area (Å²) in [6.45, 7) is 2.02. The largest absolute Gasteiger partial charge is 0.323 e. The molecule has 4 unspecified atom stereocenters. The van der Waals surface area contributed by atoms with Gasteiger partial charge >= 0.3 is 0 Å². The highest BCUT2D eigenvalue weighted by molar-refractivity contribution is 9.10. The second-order valence-electron chi connectivity index (χ2n) is 10.1. The third-order valence-electron chi connectivity index (χ3n) is 8.12. The van der Waals surface area contributed by atoms with Crippen molar-refractivity contribution in [2.24, 2.45) is 5.92 Å². The lowest BCUT2D eigenvalue weighted by atomic mass is 9.69. The summed E-state index contributed by atoms with van der Waals surface area (Å²) in [5, 5.41) is 3.04. The SMILES string of the molecule is CCC1C(c2ccccc2)C(C(=O)c2ccccc2)C2(C(=O)Nc3ccccc32)N1C(=O)c1ccc(Br)cc1. The van der Waals surface area contributed by atoms with Gasteiger partial charge in [0.2, 0.25) is 0 Å². The number of amides is 2. The predicted octanol–water partition coefficient (Wildman–Crippen LogP) is 6.81. The van der Waals surface area contributed by atoms with E-state index in [4.69, 9.17) is 0 Å². The molecule has 0 aliphatic carbocycles. The second-order valence-corrected chi connectivity index (χ2v) is 11.0. The number of benzene rings is 4. The molecule has 0 radical (unpaired) electrons. The number of para-hydroxylation sites is 1. The first-order chi connectivity index (χ1) is 19.0. The maximum atomic E-state index is 14.6. The molecule has 1 N–H and O–H groups in total. The molecule has 0 bridgehead atoms. The number of likely N-dealkylation sites (tertiary alicyclic amines) is 1. The van der Waals surface area contributed by atoms with Crippen molar-refractivity contribution in [1.29, 1.82) is 0 Å². The Morgan fingerprint density at radius 1 is 0.821 bits per heavy atom. The summed E-state index contributed by atoms with van der Waals surface area (Å²) in [5.74, 6) is -2.01. The van der Waals surface area contributed by atoms with Gasteiger partial charge in [0, 0.05) is 38.8 Å². The molecule has 2 aliphatic heterocycles. The predicted molar refractivity (Wildman–Crippen MR) is 155 cm³/mol. The summed E-state index contributed by atoms with van der Waals surface area (Å²) >= 11 is 3.46. The maximum absolute atomic E-state index is 14.6. The minimum absolute atomic E-state index is 0.152. The van der Waals surface area contributed by atoms with Crippen molar-refractivity contribution in [2.75, 3.05) is 5.32 Å². The number of nitrogens with one attached hydrogen (secondary N) is 1. The summed E-state index contributed by atoms with van der Waals surface area (Å²) in [5.41, 5.74) is 1.69. The average molecular weight is 579 g/mol.